The van der Waals surface area contributed by atoms with E-state index in [-0.39, 0.29) is 25.2 Å². The van der Waals surface area contributed by atoms with Crippen LogP contribution in [0.15, 0.2) is 0 Å². The van der Waals surface area contributed by atoms with Gasteiger partial charge >= 0.3 is 5.97 Å². The minimum absolute atomic E-state index is 0.0546. The van der Waals surface area contributed by atoms with Crippen LogP contribution in [-0.2, 0) is 19.2 Å². The minimum Gasteiger partial charge on any atom is -0.480 e. The maximum atomic E-state index is 12.5. The fraction of sp³-hybridized carbons (Fsp3) is 0.750. The van der Waals surface area contributed by atoms with Gasteiger partial charge in [-0.25, -0.2) is 4.79 Å². The van der Waals surface area contributed by atoms with Crippen LogP contribution in [0.1, 0.15) is 46.0 Å². The molecule has 150 valence electrons. The number of carbonyl (C=O) groups excluding carboxylic acids is 3. The molecule has 0 rings (SSSR count). The lowest BCUT2D eigenvalue weighted by molar-refractivity contribution is -0.142. The molecule has 0 aliphatic carbocycles. The molecule has 0 heterocycles. The van der Waals surface area contributed by atoms with Crippen LogP contribution in [0, 0.1) is 5.92 Å². The maximum Gasteiger partial charge on any atom is 0.326 e. The van der Waals surface area contributed by atoms with E-state index in [1.165, 1.54) is 0 Å². The van der Waals surface area contributed by atoms with Gasteiger partial charge in [0.15, 0.2) is 0 Å². The van der Waals surface area contributed by atoms with Gasteiger partial charge in [-0.1, -0.05) is 13.8 Å². The molecule has 3 unspecified atom stereocenters. The molecule has 0 aliphatic rings. The number of unbranched alkanes of at least 4 members (excludes halogenated alkanes) is 1. The molecule has 0 spiro atoms. The Bertz CT molecular complexity index is 497. The van der Waals surface area contributed by atoms with Crippen LogP contribution in [0.2, 0.25) is 0 Å². The summed E-state index contributed by atoms with van der Waals surface area (Å²) in [6.45, 7) is 4.14. The largest absolute Gasteiger partial charge is 0.480 e. The van der Waals surface area contributed by atoms with Crippen LogP contribution >= 0.6 is 0 Å². The van der Waals surface area contributed by atoms with Gasteiger partial charge in [0.25, 0.3) is 0 Å². The van der Waals surface area contributed by atoms with Gasteiger partial charge in [0, 0.05) is 0 Å². The zero-order valence-corrected chi connectivity index (χ0v) is 15.4. The monoisotopic (exact) mass is 373 g/mol. The molecule has 0 aliphatic heterocycles. The highest BCUT2D eigenvalue weighted by Gasteiger charge is 2.28. The van der Waals surface area contributed by atoms with Gasteiger partial charge in [-0.05, 0) is 38.1 Å². The van der Waals surface area contributed by atoms with Crippen LogP contribution in [0.4, 0.5) is 0 Å². The molecule has 0 saturated heterocycles. The molecule has 0 aromatic carbocycles. The lowest BCUT2D eigenvalue weighted by atomic mass is 10.0. The number of carboxylic acids is 1. The summed E-state index contributed by atoms with van der Waals surface area (Å²) in [5, 5.41) is 14.2. The van der Waals surface area contributed by atoms with E-state index in [0.717, 1.165) is 0 Å². The molecular weight excluding hydrogens is 342 g/mol. The topological polar surface area (TPSA) is 191 Å². The molecule has 0 fully saturated rings. The molecule has 10 nitrogen and oxygen atoms in total. The van der Waals surface area contributed by atoms with Crippen LogP contribution in [0.5, 0.6) is 0 Å². The maximum absolute atomic E-state index is 12.5. The molecule has 0 aromatic rings. The standard InChI is InChI=1S/C16H31N5O5/c1-9(2)7-12(21-14(23)10(18)8-13(19)22)15(24)20-11(16(25)26)5-3-4-6-17/h9-12H,3-8,17-18H2,1-2H3,(H2,19,22)(H,20,24)(H,21,23)(H,25,26). The first-order valence-electron chi connectivity index (χ1n) is 8.65. The number of aliphatic carboxylic acids is 1. The Labute approximate surface area is 153 Å². The van der Waals surface area contributed by atoms with Crippen molar-refractivity contribution in [2.45, 2.75) is 64.1 Å². The Morgan fingerprint density at radius 2 is 1.58 bits per heavy atom. The average Bonchev–Trinajstić information content (AvgIpc) is 2.51. The molecule has 0 bridgehead atoms. The highest BCUT2D eigenvalue weighted by atomic mass is 16.4. The van der Waals surface area contributed by atoms with E-state index in [2.05, 4.69) is 10.6 Å². The predicted molar refractivity (Wildman–Crippen MR) is 95.6 cm³/mol. The molecule has 26 heavy (non-hydrogen) atoms. The zero-order valence-electron chi connectivity index (χ0n) is 15.4. The van der Waals surface area contributed by atoms with Crippen LogP contribution < -0.4 is 27.8 Å². The minimum atomic E-state index is -1.17. The smallest absolute Gasteiger partial charge is 0.326 e. The van der Waals surface area contributed by atoms with E-state index in [0.29, 0.717) is 19.4 Å². The molecule has 0 radical (unpaired) electrons. The fourth-order valence-corrected chi connectivity index (χ4v) is 2.31. The van der Waals surface area contributed by atoms with E-state index in [9.17, 15) is 24.3 Å². The Hall–Kier alpha value is -2.20. The van der Waals surface area contributed by atoms with Crippen molar-refractivity contribution in [1.29, 1.82) is 0 Å². The van der Waals surface area contributed by atoms with E-state index in [4.69, 9.17) is 17.2 Å². The number of nitrogens with one attached hydrogen (secondary N) is 2. The lowest BCUT2D eigenvalue weighted by Gasteiger charge is -2.24. The van der Waals surface area contributed by atoms with Crippen molar-refractivity contribution in [2.24, 2.45) is 23.1 Å². The number of amides is 3. The Balaban J connectivity index is 4.97. The first-order valence-corrected chi connectivity index (χ1v) is 8.65. The third-order valence-corrected chi connectivity index (χ3v) is 3.66. The van der Waals surface area contributed by atoms with Crippen molar-refractivity contribution in [1.82, 2.24) is 10.6 Å². The summed E-state index contributed by atoms with van der Waals surface area (Å²) < 4.78 is 0. The van der Waals surface area contributed by atoms with Gasteiger partial charge in [-0.2, -0.15) is 0 Å². The molecule has 3 amide bonds. The van der Waals surface area contributed by atoms with E-state index >= 15 is 0 Å². The summed E-state index contributed by atoms with van der Waals surface area (Å²) in [7, 11) is 0. The van der Waals surface area contributed by atoms with Gasteiger partial charge in [0.2, 0.25) is 17.7 Å². The lowest BCUT2D eigenvalue weighted by Crippen LogP contribution is -2.55. The first kappa shape index (κ1) is 23.8. The van der Waals surface area contributed by atoms with E-state index < -0.39 is 41.8 Å². The second kappa shape index (κ2) is 12.2. The number of nitrogens with two attached hydrogens (primary N) is 3. The molecular formula is C16H31N5O5. The third kappa shape index (κ3) is 9.94. The zero-order chi connectivity index (χ0) is 20.3. The Kier molecular flexibility index (Phi) is 11.2. The van der Waals surface area contributed by atoms with Crippen molar-refractivity contribution < 1.29 is 24.3 Å². The summed E-state index contributed by atoms with van der Waals surface area (Å²) in [5.41, 5.74) is 16.0. The van der Waals surface area contributed by atoms with Crippen molar-refractivity contribution in [3.05, 3.63) is 0 Å². The van der Waals surface area contributed by atoms with Crippen LogP contribution in [0.3, 0.4) is 0 Å². The SMILES string of the molecule is CC(C)CC(NC(=O)C(N)CC(N)=O)C(=O)NC(CCCCN)C(=O)O. The highest BCUT2D eigenvalue weighted by molar-refractivity contribution is 5.93. The Morgan fingerprint density at radius 3 is 2.04 bits per heavy atom. The van der Waals surface area contributed by atoms with Gasteiger partial charge in [0.1, 0.15) is 12.1 Å². The molecule has 9 N–H and O–H groups in total. The molecule has 0 saturated carbocycles. The van der Waals surface area contributed by atoms with Gasteiger partial charge in [-0.3, -0.25) is 14.4 Å². The summed E-state index contributed by atoms with van der Waals surface area (Å²) in [4.78, 5) is 46.7. The number of carboxylic acid groups (broad SMARTS) is 1. The average molecular weight is 373 g/mol. The second-order valence-electron chi connectivity index (χ2n) is 6.65. The summed E-state index contributed by atoms with van der Waals surface area (Å²) in [5.74, 6) is -3.14. The van der Waals surface area contributed by atoms with Crippen LogP contribution in [0.25, 0.3) is 0 Å². The number of primary amides is 1. The van der Waals surface area contributed by atoms with Gasteiger partial charge in [0.05, 0.1) is 12.5 Å². The van der Waals surface area contributed by atoms with Crippen molar-refractivity contribution in [2.75, 3.05) is 6.54 Å². The van der Waals surface area contributed by atoms with E-state index in [1.807, 2.05) is 13.8 Å². The van der Waals surface area contributed by atoms with E-state index in [1.54, 1.807) is 0 Å². The van der Waals surface area contributed by atoms with Gasteiger partial charge in [-0.15, -0.1) is 0 Å². The van der Waals surface area contributed by atoms with Crippen molar-refractivity contribution in [3.8, 4) is 0 Å². The molecule has 10 heteroatoms. The molecule has 0 aromatic heterocycles. The summed E-state index contributed by atoms with van der Waals surface area (Å²) >= 11 is 0. The number of hydrogen-bond acceptors (Lipinski definition) is 6. The predicted octanol–water partition coefficient (Wildman–Crippen LogP) is -1.58. The highest BCUT2D eigenvalue weighted by Crippen LogP contribution is 2.08. The van der Waals surface area contributed by atoms with Crippen LogP contribution in [-0.4, -0.2) is 53.5 Å². The fourth-order valence-electron chi connectivity index (χ4n) is 2.31. The summed E-state index contributed by atoms with van der Waals surface area (Å²) in [6, 6.07) is -3.20. The van der Waals surface area contributed by atoms with Gasteiger partial charge < -0.3 is 32.9 Å². The number of rotatable bonds is 13. The quantitative estimate of drug-likeness (QED) is 0.210. The van der Waals surface area contributed by atoms with Crippen molar-refractivity contribution >= 4 is 23.7 Å². The molecule has 3 atom stereocenters. The normalized spacial score (nSPS) is 14.3. The summed E-state index contributed by atoms with van der Waals surface area (Å²) in [6.07, 6.45) is 1.38. The number of hydrogen-bond donors (Lipinski definition) is 6. The second-order valence-corrected chi connectivity index (χ2v) is 6.65. The first-order chi connectivity index (χ1) is 12.1. The number of carbonyl (C=O) groups is 4. The van der Waals surface area contributed by atoms with Crippen molar-refractivity contribution in [3.63, 3.8) is 0 Å². The third-order valence-electron chi connectivity index (χ3n) is 3.66. The Morgan fingerprint density at radius 1 is 1.00 bits per heavy atom.